The van der Waals surface area contributed by atoms with Crippen molar-refractivity contribution in [2.45, 2.75) is 26.2 Å². The fraction of sp³-hybridized carbons (Fsp3) is 0.467. The summed E-state index contributed by atoms with van der Waals surface area (Å²) in [6.07, 6.45) is 2.85. The van der Waals surface area contributed by atoms with Gasteiger partial charge in [0.2, 0.25) is 5.91 Å². The number of amides is 1. The molecular formula is C15H20N2OS2. The van der Waals surface area contributed by atoms with E-state index in [1.54, 1.807) is 0 Å². The van der Waals surface area contributed by atoms with Crippen molar-refractivity contribution in [2.75, 3.05) is 16.8 Å². The number of benzene rings is 1. The third-order valence-corrected chi connectivity index (χ3v) is 4.86. The van der Waals surface area contributed by atoms with E-state index < -0.39 is 0 Å². The predicted molar refractivity (Wildman–Crippen MR) is 90.4 cm³/mol. The Hall–Kier alpha value is -1.07. The predicted octanol–water partition coefficient (Wildman–Crippen LogP) is 3.10. The Morgan fingerprint density at radius 3 is 2.80 bits per heavy atom. The highest BCUT2D eigenvalue weighted by atomic mass is 32.2. The fourth-order valence-electron chi connectivity index (χ4n) is 2.51. The Morgan fingerprint density at radius 1 is 1.45 bits per heavy atom. The fourth-order valence-corrected chi connectivity index (χ4v) is 3.99. The Labute approximate surface area is 129 Å². The van der Waals surface area contributed by atoms with Crippen LogP contribution in [-0.2, 0) is 4.79 Å². The standard InChI is InChI=1S/C15H20N2OS2/c1-10-3-2-4-12(14(10)15(16)19)17-13(18)9-11-5-7-20-8-6-11/h2-4,11H,5-9H2,1H3,(H2,16,19)(H,17,18). The lowest BCUT2D eigenvalue weighted by Crippen LogP contribution is -2.22. The highest BCUT2D eigenvalue weighted by Crippen LogP contribution is 2.26. The van der Waals surface area contributed by atoms with E-state index >= 15 is 0 Å². The molecule has 0 saturated carbocycles. The second kappa shape index (κ2) is 7.09. The summed E-state index contributed by atoms with van der Waals surface area (Å²) in [4.78, 5) is 12.5. The number of carbonyl (C=O) groups is 1. The second-order valence-electron chi connectivity index (χ2n) is 5.17. The molecule has 0 unspecified atom stereocenters. The lowest BCUT2D eigenvalue weighted by atomic mass is 9.98. The van der Waals surface area contributed by atoms with Crippen LogP contribution in [0, 0.1) is 12.8 Å². The minimum absolute atomic E-state index is 0.0602. The largest absolute Gasteiger partial charge is 0.389 e. The van der Waals surface area contributed by atoms with Crippen molar-refractivity contribution >= 4 is 40.6 Å². The number of carbonyl (C=O) groups excluding carboxylic acids is 1. The first kappa shape index (κ1) is 15.3. The molecule has 1 aromatic carbocycles. The molecule has 1 fully saturated rings. The first-order chi connectivity index (χ1) is 9.58. The van der Waals surface area contributed by atoms with Crippen LogP contribution in [-0.4, -0.2) is 22.4 Å². The lowest BCUT2D eigenvalue weighted by Gasteiger charge is -2.21. The number of anilines is 1. The number of rotatable bonds is 4. The monoisotopic (exact) mass is 308 g/mol. The number of hydrogen-bond donors (Lipinski definition) is 2. The first-order valence-electron chi connectivity index (χ1n) is 6.85. The molecule has 0 radical (unpaired) electrons. The van der Waals surface area contributed by atoms with Crippen LogP contribution in [0.2, 0.25) is 0 Å². The minimum atomic E-state index is 0.0602. The van der Waals surface area contributed by atoms with Crippen LogP contribution in [0.4, 0.5) is 5.69 Å². The highest BCUT2D eigenvalue weighted by molar-refractivity contribution is 7.99. The molecule has 0 aliphatic carbocycles. The average Bonchev–Trinajstić information content (AvgIpc) is 2.39. The summed E-state index contributed by atoms with van der Waals surface area (Å²) in [6.45, 7) is 1.95. The van der Waals surface area contributed by atoms with Crippen molar-refractivity contribution in [1.29, 1.82) is 0 Å². The van der Waals surface area contributed by atoms with Gasteiger partial charge in [0.1, 0.15) is 4.99 Å². The minimum Gasteiger partial charge on any atom is -0.389 e. The molecule has 1 aromatic rings. The van der Waals surface area contributed by atoms with Crippen molar-refractivity contribution in [3.05, 3.63) is 29.3 Å². The molecule has 5 heteroatoms. The zero-order chi connectivity index (χ0) is 14.5. The van der Waals surface area contributed by atoms with Crippen LogP contribution in [0.5, 0.6) is 0 Å². The Bertz CT molecular complexity index is 511. The van der Waals surface area contributed by atoms with E-state index in [1.165, 1.54) is 11.5 Å². The maximum Gasteiger partial charge on any atom is 0.224 e. The van der Waals surface area contributed by atoms with Gasteiger partial charge in [-0.3, -0.25) is 4.79 Å². The van der Waals surface area contributed by atoms with Gasteiger partial charge in [-0.15, -0.1) is 0 Å². The van der Waals surface area contributed by atoms with Crippen LogP contribution in [0.1, 0.15) is 30.4 Å². The average molecular weight is 308 g/mol. The van der Waals surface area contributed by atoms with Crippen LogP contribution in [0.15, 0.2) is 18.2 Å². The molecule has 1 amide bonds. The topological polar surface area (TPSA) is 55.1 Å². The number of nitrogens with one attached hydrogen (secondary N) is 1. The summed E-state index contributed by atoms with van der Waals surface area (Å²) >= 11 is 7.05. The Kier molecular flexibility index (Phi) is 5.43. The van der Waals surface area contributed by atoms with Crippen molar-refractivity contribution in [3.8, 4) is 0 Å². The SMILES string of the molecule is Cc1cccc(NC(=O)CC2CCSCC2)c1C(N)=S. The van der Waals surface area contributed by atoms with Gasteiger partial charge in [-0.2, -0.15) is 11.8 Å². The molecule has 3 N–H and O–H groups in total. The van der Waals surface area contributed by atoms with Crippen molar-refractivity contribution in [1.82, 2.24) is 0 Å². The molecule has 0 spiro atoms. The molecule has 1 saturated heterocycles. The molecule has 1 heterocycles. The van der Waals surface area contributed by atoms with E-state index in [0.29, 0.717) is 17.3 Å². The van der Waals surface area contributed by atoms with Gasteiger partial charge in [0.25, 0.3) is 0 Å². The van der Waals surface area contributed by atoms with Crippen LogP contribution >= 0.6 is 24.0 Å². The summed E-state index contributed by atoms with van der Waals surface area (Å²) in [6, 6.07) is 5.71. The molecule has 2 rings (SSSR count). The molecule has 1 aliphatic heterocycles. The third-order valence-electron chi connectivity index (χ3n) is 3.61. The van der Waals surface area contributed by atoms with E-state index in [9.17, 15) is 4.79 Å². The van der Waals surface area contributed by atoms with Crippen molar-refractivity contribution < 1.29 is 4.79 Å². The number of nitrogens with two attached hydrogens (primary N) is 1. The second-order valence-corrected chi connectivity index (χ2v) is 6.83. The molecule has 3 nitrogen and oxygen atoms in total. The van der Waals surface area contributed by atoms with Crippen LogP contribution in [0.25, 0.3) is 0 Å². The summed E-state index contributed by atoms with van der Waals surface area (Å²) < 4.78 is 0. The molecule has 0 atom stereocenters. The van der Waals surface area contributed by atoms with Crippen molar-refractivity contribution in [2.24, 2.45) is 11.7 Å². The van der Waals surface area contributed by atoms with Gasteiger partial charge in [0.05, 0.1) is 5.69 Å². The summed E-state index contributed by atoms with van der Waals surface area (Å²) in [7, 11) is 0. The van der Waals surface area contributed by atoms with E-state index in [0.717, 1.165) is 29.7 Å². The van der Waals surface area contributed by atoms with Gasteiger partial charge >= 0.3 is 0 Å². The molecular weight excluding hydrogens is 288 g/mol. The Balaban J connectivity index is 2.04. The van der Waals surface area contributed by atoms with Crippen LogP contribution in [0.3, 0.4) is 0 Å². The van der Waals surface area contributed by atoms with Gasteiger partial charge in [-0.05, 0) is 48.8 Å². The number of hydrogen-bond acceptors (Lipinski definition) is 3. The lowest BCUT2D eigenvalue weighted by molar-refractivity contribution is -0.117. The summed E-state index contributed by atoms with van der Waals surface area (Å²) in [5.74, 6) is 2.90. The Morgan fingerprint density at radius 2 is 2.15 bits per heavy atom. The molecule has 1 aliphatic rings. The van der Waals surface area contributed by atoms with Crippen LogP contribution < -0.4 is 11.1 Å². The highest BCUT2D eigenvalue weighted by Gasteiger charge is 2.18. The molecule has 20 heavy (non-hydrogen) atoms. The summed E-state index contributed by atoms with van der Waals surface area (Å²) in [5, 5.41) is 2.97. The van der Waals surface area contributed by atoms with E-state index in [1.807, 2.05) is 36.9 Å². The summed E-state index contributed by atoms with van der Waals surface area (Å²) in [5.41, 5.74) is 8.25. The van der Waals surface area contributed by atoms with E-state index in [4.69, 9.17) is 18.0 Å². The number of thioether (sulfide) groups is 1. The molecule has 0 bridgehead atoms. The zero-order valence-corrected chi connectivity index (χ0v) is 13.3. The third kappa shape index (κ3) is 3.96. The van der Waals surface area contributed by atoms with Gasteiger partial charge < -0.3 is 11.1 Å². The normalized spacial score (nSPS) is 15.8. The maximum atomic E-state index is 12.2. The quantitative estimate of drug-likeness (QED) is 0.839. The maximum absolute atomic E-state index is 12.2. The van der Waals surface area contributed by atoms with E-state index in [-0.39, 0.29) is 5.91 Å². The first-order valence-corrected chi connectivity index (χ1v) is 8.41. The molecule has 108 valence electrons. The number of thiocarbonyl (C=S) groups is 1. The van der Waals surface area contributed by atoms with Gasteiger partial charge in [0.15, 0.2) is 0 Å². The smallest absolute Gasteiger partial charge is 0.224 e. The zero-order valence-electron chi connectivity index (χ0n) is 11.6. The van der Waals surface area contributed by atoms with Gasteiger partial charge in [-0.25, -0.2) is 0 Å². The van der Waals surface area contributed by atoms with Gasteiger partial charge in [0, 0.05) is 12.0 Å². The molecule has 0 aromatic heterocycles. The van der Waals surface area contributed by atoms with Gasteiger partial charge in [-0.1, -0.05) is 24.4 Å². The number of aryl methyl sites for hydroxylation is 1. The van der Waals surface area contributed by atoms with Crippen molar-refractivity contribution in [3.63, 3.8) is 0 Å². The van der Waals surface area contributed by atoms with E-state index in [2.05, 4.69) is 5.32 Å².